The fourth-order valence-electron chi connectivity index (χ4n) is 5.19. The molecule has 1 aromatic heterocycles. The molecule has 1 saturated heterocycles. The van der Waals surface area contributed by atoms with Gasteiger partial charge in [0.1, 0.15) is 6.54 Å². The van der Waals surface area contributed by atoms with Crippen LogP contribution < -0.4 is 14.4 Å². The molecular weight excluding hydrogens is 554 g/mol. The second-order valence-corrected chi connectivity index (χ2v) is 10.6. The predicted molar refractivity (Wildman–Crippen MR) is 160 cm³/mol. The van der Waals surface area contributed by atoms with Crippen LogP contribution in [0.15, 0.2) is 84.9 Å². The molecule has 0 bridgehead atoms. The fraction of sp³-hybridized carbons (Fsp3) is 0.250. The summed E-state index contributed by atoms with van der Waals surface area (Å²) in [5.74, 6) is 1.77. The number of ether oxygens (including phenoxy) is 2. The molecule has 6 rings (SSSR count). The minimum atomic E-state index is -0.202. The zero-order chi connectivity index (χ0) is 28.9. The molecule has 0 unspecified atom stereocenters. The van der Waals surface area contributed by atoms with E-state index >= 15 is 0 Å². The molecule has 2 aliphatic rings. The Kier molecular flexibility index (Phi) is 8.18. The van der Waals surface area contributed by atoms with Gasteiger partial charge in [-0.1, -0.05) is 54.1 Å². The number of nitrogens with zero attached hydrogens (tertiary/aromatic N) is 5. The van der Waals surface area contributed by atoms with E-state index in [-0.39, 0.29) is 31.7 Å². The van der Waals surface area contributed by atoms with E-state index < -0.39 is 0 Å². The minimum absolute atomic E-state index is 0.0332. The first-order valence-corrected chi connectivity index (χ1v) is 14.3. The third-order valence-corrected chi connectivity index (χ3v) is 7.75. The number of fused-ring (bicyclic) bond motifs is 1. The molecule has 9 nitrogen and oxygen atoms in total. The van der Waals surface area contributed by atoms with E-state index in [1.165, 1.54) is 0 Å². The number of carbonyl (C=O) groups excluding carboxylic acids is 2. The number of benzene rings is 3. The minimum Gasteiger partial charge on any atom is -0.454 e. The summed E-state index contributed by atoms with van der Waals surface area (Å²) in [5, 5.41) is 9.48. The Bertz CT molecular complexity index is 1570. The molecule has 214 valence electrons. The van der Waals surface area contributed by atoms with Crippen LogP contribution in [0, 0.1) is 0 Å². The van der Waals surface area contributed by atoms with Gasteiger partial charge in [0, 0.05) is 43.9 Å². The van der Waals surface area contributed by atoms with Crippen molar-refractivity contribution in [2.45, 2.75) is 13.0 Å². The van der Waals surface area contributed by atoms with Crippen molar-refractivity contribution in [3.8, 4) is 22.8 Å². The number of carbonyl (C=O) groups is 2. The summed E-state index contributed by atoms with van der Waals surface area (Å²) >= 11 is 6.32. The van der Waals surface area contributed by atoms with Gasteiger partial charge in [0.15, 0.2) is 17.3 Å². The van der Waals surface area contributed by atoms with E-state index in [4.69, 9.17) is 21.1 Å². The highest BCUT2D eigenvalue weighted by atomic mass is 35.5. The van der Waals surface area contributed by atoms with E-state index in [1.807, 2.05) is 77.7 Å². The van der Waals surface area contributed by atoms with Gasteiger partial charge in [-0.3, -0.25) is 9.59 Å². The standard InChI is InChI=1S/C32H30ClN5O4/c33-26-10-5-4-9-25(26)27-12-14-30(35-34-27)36-15-6-16-37(18-17-36)31(39)21-38(32(40)24-7-2-1-3-8-24)20-23-11-13-28-29(19-23)42-22-41-28/h1-5,7-14,19H,6,15-18,20-22H2. The number of aromatic nitrogens is 2. The lowest BCUT2D eigenvalue weighted by molar-refractivity contribution is -0.131. The van der Waals surface area contributed by atoms with Crippen LogP contribution in [0.25, 0.3) is 11.3 Å². The lowest BCUT2D eigenvalue weighted by Gasteiger charge is -2.27. The van der Waals surface area contributed by atoms with Crippen molar-refractivity contribution in [2.24, 2.45) is 0 Å². The molecule has 1 fully saturated rings. The monoisotopic (exact) mass is 583 g/mol. The molecule has 3 heterocycles. The summed E-state index contributed by atoms with van der Waals surface area (Å²) in [6, 6.07) is 26.0. The number of anilines is 1. The Morgan fingerprint density at radius 2 is 1.64 bits per heavy atom. The van der Waals surface area contributed by atoms with Crippen LogP contribution in [0.4, 0.5) is 5.82 Å². The van der Waals surface area contributed by atoms with Crippen LogP contribution in [0.1, 0.15) is 22.3 Å². The zero-order valence-electron chi connectivity index (χ0n) is 23.0. The maximum absolute atomic E-state index is 13.6. The predicted octanol–water partition coefficient (Wildman–Crippen LogP) is 4.91. The van der Waals surface area contributed by atoms with Crippen LogP contribution in [0.3, 0.4) is 0 Å². The summed E-state index contributed by atoms with van der Waals surface area (Å²) in [7, 11) is 0. The number of hydrogen-bond acceptors (Lipinski definition) is 7. The molecule has 0 spiro atoms. The lowest BCUT2D eigenvalue weighted by Crippen LogP contribution is -2.44. The van der Waals surface area contributed by atoms with Gasteiger partial charge < -0.3 is 24.2 Å². The van der Waals surface area contributed by atoms with Crippen LogP contribution in [-0.4, -0.2) is 71.3 Å². The Hall–Kier alpha value is -4.63. The first-order valence-electron chi connectivity index (χ1n) is 13.9. The Morgan fingerprint density at radius 1 is 0.833 bits per heavy atom. The summed E-state index contributed by atoms with van der Waals surface area (Å²) in [6.07, 6.45) is 0.772. The molecule has 0 N–H and O–H groups in total. The maximum Gasteiger partial charge on any atom is 0.254 e. The summed E-state index contributed by atoms with van der Waals surface area (Å²) in [4.78, 5) is 32.7. The SMILES string of the molecule is O=C(CN(Cc1ccc2c(c1)OCO2)C(=O)c1ccccc1)N1CCCN(c2ccc(-c3ccccc3Cl)nn2)CC1. The second-order valence-electron chi connectivity index (χ2n) is 10.2. The molecular formula is C32H30ClN5O4. The van der Waals surface area contributed by atoms with Crippen molar-refractivity contribution < 1.29 is 19.1 Å². The molecule has 2 aliphatic heterocycles. The van der Waals surface area contributed by atoms with Gasteiger partial charge in [0.2, 0.25) is 12.7 Å². The molecule has 0 radical (unpaired) electrons. The molecule has 3 aromatic carbocycles. The summed E-state index contributed by atoms with van der Waals surface area (Å²) < 4.78 is 10.9. The van der Waals surface area contributed by atoms with E-state index in [2.05, 4.69) is 15.1 Å². The largest absolute Gasteiger partial charge is 0.454 e. The third kappa shape index (κ3) is 6.16. The van der Waals surface area contributed by atoms with Crippen molar-refractivity contribution in [3.05, 3.63) is 101 Å². The first-order chi connectivity index (χ1) is 20.5. The summed E-state index contributed by atoms with van der Waals surface area (Å²) in [6.45, 7) is 2.88. The third-order valence-electron chi connectivity index (χ3n) is 7.42. The molecule has 42 heavy (non-hydrogen) atoms. The molecule has 0 atom stereocenters. The Balaban J connectivity index is 1.13. The quantitative estimate of drug-likeness (QED) is 0.305. The highest BCUT2D eigenvalue weighted by Gasteiger charge is 2.26. The Labute approximate surface area is 249 Å². The van der Waals surface area contributed by atoms with Crippen molar-refractivity contribution in [1.29, 1.82) is 0 Å². The average Bonchev–Trinajstić information content (AvgIpc) is 3.35. The normalized spacial score (nSPS) is 14.4. The van der Waals surface area contributed by atoms with Gasteiger partial charge >= 0.3 is 0 Å². The number of rotatable bonds is 7. The smallest absolute Gasteiger partial charge is 0.254 e. The van der Waals surface area contributed by atoms with E-state index in [0.717, 1.165) is 29.9 Å². The summed E-state index contributed by atoms with van der Waals surface area (Å²) in [5.41, 5.74) is 2.94. The maximum atomic E-state index is 13.6. The van der Waals surface area contributed by atoms with Crippen LogP contribution in [-0.2, 0) is 11.3 Å². The second kappa shape index (κ2) is 12.5. The van der Waals surface area contributed by atoms with Gasteiger partial charge in [0.05, 0.1) is 10.7 Å². The molecule has 2 amide bonds. The number of amides is 2. The average molecular weight is 584 g/mol. The topological polar surface area (TPSA) is 88.1 Å². The number of halogens is 1. The van der Waals surface area contributed by atoms with Gasteiger partial charge in [0.25, 0.3) is 5.91 Å². The molecule has 0 saturated carbocycles. The van der Waals surface area contributed by atoms with Crippen LogP contribution in [0.2, 0.25) is 5.02 Å². The highest BCUT2D eigenvalue weighted by molar-refractivity contribution is 6.33. The molecule has 0 aliphatic carbocycles. The van der Waals surface area contributed by atoms with Gasteiger partial charge in [-0.25, -0.2) is 0 Å². The van der Waals surface area contributed by atoms with Crippen molar-refractivity contribution >= 4 is 29.2 Å². The molecule has 4 aromatic rings. The van der Waals surface area contributed by atoms with Crippen molar-refractivity contribution in [1.82, 2.24) is 20.0 Å². The lowest BCUT2D eigenvalue weighted by atomic mass is 10.1. The van der Waals surface area contributed by atoms with Gasteiger partial charge in [-0.2, -0.15) is 0 Å². The number of hydrogen-bond donors (Lipinski definition) is 0. The first kappa shape index (κ1) is 27.5. The van der Waals surface area contributed by atoms with Crippen LogP contribution >= 0.6 is 11.6 Å². The van der Waals surface area contributed by atoms with E-state index in [9.17, 15) is 9.59 Å². The highest BCUT2D eigenvalue weighted by Crippen LogP contribution is 2.33. The van der Waals surface area contributed by atoms with Crippen LogP contribution in [0.5, 0.6) is 11.5 Å². The van der Waals surface area contributed by atoms with Gasteiger partial charge in [-0.05, 0) is 54.4 Å². The van der Waals surface area contributed by atoms with E-state index in [1.54, 1.807) is 17.0 Å². The van der Waals surface area contributed by atoms with Crippen molar-refractivity contribution in [3.63, 3.8) is 0 Å². The van der Waals surface area contributed by atoms with Gasteiger partial charge in [-0.15, -0.1) is 10.2 Å². The van der Waals surface area contributed by atoms with Crippen molar-refractivity contribution in [2.75, 3.05) is 44.4 Å². The fourth-order valence-corrected chi connectivity index (χ4v) is 5.42. The Morgan fingerprint density at radius 3 is 2.45 bits per heavy atom. The molecule has 10 heteroatoms. The zero-order valence-corrected chi connectivity index (χ0v) is 23.7. The van der Waals surface area contributed by atoms with E-state index in [0.29, 0.717) is 47.4 Å².